The summed E-state index contributed by atoms with van der Waals surface area (Å²) in [5, 5.41) is 3.02. The van der Waals surface area contributed by atoms with Crippen molar-refractivity contribution in [2.24, 2.45) is 5.92 Å². The summed E-state index contributed by atoms with van der Waals surface area (Å²) in [6, 6.07) is 1.74. The van der Waals surface area contributed by atoms with Crippen molar-refractivity contribution >= 4 is 5.91 Å². The Morgan fingerprint density at radius 2 is 2.09 bits per heavy atom. The molecule has 5 nitrogen and oxygen atoms in total. The number of hydrogen-bond donors (Lipinski definition) is 1. The molecule has 2 heterocycles. The molecule has 0 bridgehead atoms. The second-order valence-electron chi connectivity index (χ2n) is 5.96. The number of piperidine rings is 1. The minimum Gasteiger partial charge on any atom is -0.350 e. The van der Waals surface area contributed by atoms with Crippen LogP contribution in [-0.4, -0.2) is 47.0 Å². The van der Waals surface area contributed by atoms with Gasteiger partial charge in [-0.3, -0.25) is 9.69 Å². The maximum atomic E-state index is 12.2. The summed E-state index contributed by atoms with van der Waals surface area (Å²) in [5.41, 5.74) is 1.30. The van der Waals surface area contributed by atoms with E-state index in [4.69, 9.17) is 0 Å². The van der Waals surface area contributed by atoms with Gasteiger partial charge in [-0.05, 0) is 58.7 Å². The van der Waals surface area contributed by atoms with Crippen molar-refractivity contribution in [3.05, 3.63) is 35.4 Å². The lowest BCUT2D eigenvalue weighted by molar-refractivity contribution is 0.0932. The number of carbonyl (C=O) groups is 1. The normalized spacial score (nSPS) is 17.0. The molecule has 1 aromatic heterocycles. The Kier molecular flexibility index (Phi) is 6.07. The Labute approximate surface area is 132 Å². The molecule has 0 aromatic carbocycles. The Morgan fingerprint density at radius 1 is 1.36 bits per heavy atom. The number of aryl methyl sites for hydroxylation is 2. The molecular formula is C17H26N4O. The predicted molar refractivity (Wildman–Crippen MR) is 87.8 cm³/mol. The largest absolute Gasteiger partial charge is 0.350 e. The highest BCUT2D eigenvalue weighted by Crippen LogP contribution is 2.16. The average molecular weight is 302 g/mol. The number of allylic oxidation sites excluding steroid dienone is 1. The van der Waals surface area contributed by atoms with E-state index in [1.807, 2.05) is 13.8 Å². The lowest BCUT2D eigenvalue weighted by atomic mass is 9.97. The molecule has 1 saturated heterocycles. The fraction of sp³-hybridized carbons (Fsp3) is 0.588. The van der Waals surface area contributed by atoms with Crippen LogP contribution >= 0.6 is 0 Å². The standard InChI is InChI=1S/C17H26N4O/c1-4-5-8-21-9-6-15(7-10-21)12-18-17(22)16-11-13(2)19-14(3)20-16/h4-5,11,15H,6-10,12H2,1-3H3,(H,18,22). The van der Waals surface area contributed by atoms with Gasteiger partial charge in [-0.15, -0.1) is 0 Å². The van der Waals surface area contributed by atoms with Crippen LogP contribution in [0.1, 0.15) is 41.8 Å². The van der Waals surface area contributed by atoms with Crippen LogP contribution in [0.2, 0.25) is 0 Å². The minimum atomic E-state index is -0.0926. The third-order valence-corrected chi connectivity index (χ3v) is 4.06. The van der Waals surface area contributed by atoms with Crippen molar-refractivity contribution in [1.29, 1.82) is 0 Å². The molecule has 0 atom stereocenters. The van der Waals surface area contributed by atoms with Gasteiger partial charge < -0.3 is 5.32 Å². The third kappa shape index (κ3) is 4.91. The number of nitrogens with one attached hydrogen (secondary N) is 1. The summed E-state index contributed by atoms with van der Waals surface area (Å²) in [6.07, 6.45) is 6.57. The summed E-state index contributed by atoms with van der Waals surface area (Å²) < 4.78 is 0. The Hall–Kier alpha value is -1.75. The molecule has 0 unspecified atom stereocenters. The van der Waals surface area contributed by atoms with Crippen molar-refractivity contribution in [2.75, 3.05) is 26.2 Å². The molecule has 1 aliphatic rings. The van der Waals surface area contributed by atoms with Crippen LogP contribution in [0.4, 0.5) is 0 Å². The van der Waals surface area contributed by atoms with E-state index in [0.717, 1.165) is 44.7 Å². The van der Waals surface area contributed by atoms with Gasteiger partial charge >= 0.3 is 0 Å². The van der Waals surface area contributed by atoms with Gasteiger partial charge in [0.05, 0.1) is 0 Å². The molecular weight excluding hydrogens is 276 g/mol. The Morgan fingerprint density at radius 3 is 2.73 bits per heavy atom. The molecule has 1 amide bonds. The van der Waals surface area contributed by atoms with Crippen molar-refractivity contribution in [2.45, 2.75) is 33.6 Å². The predicted octanol–water partition coefficient (Wildman–Crippen LogP) is 2.11. The van der Waals surface area contributed by atoms with E-state index in [-0.39, 0.29) is 5.91 Å². The van der Waals surface area contributed by atoms with Gasteiger partial charge in [0.15, 0.2) is 0 Å². The van der Waals surface area contributed by atoms with Gasteiger partial charge in [0.2, 0.25) is 0 Å². The lowest BCUT2D eigenvalue weighted by Gasteiger charge is -2.31. The topological polar surface area (TPSA) is 58.1 Å². The summed E-state index contributed by atoms with van der Waals surface area (Å²) in [6.45, 7) is 9.73. The zero-order valence-electron chi connectivity index (χ0n) is 13.8. The van der Waals surface area contributed by atoms with E-state index in [9.17, 15) is 4.79 Å². The van der Waals surface area contributed by atoms with Gasteiger partial charge in [0, 0.05) is 18.8 Å². The first-order chi connectivity index (χ1) is 10.6. The average Bonchev–Trinajstić information content (AvgIpc) is 2.50. The van der Waals surface area contributed by atoms with Crippen LogP contribution in [0.5, 0.6) is 0 Å². The number of likely N-dealkylation sites (tertiary alicyclic amines) is 1. The molecule has 2 rings (SSSR count). The van der Waals surface area contributed by atoms with Crippen LogP contribution in [-0.2, 0) is 0 Å². The molecule has 5 heteroatoms. The molecule has 120 valence electrons. The number of hydrogen-bond acceptors (Lipinski definition) is 4. The van der Waals surface area contributed by atoms with Crippen molar-refractivity contribution in [3.63, 3.8) is 0 Å². The molecule has 1 N–H and O–H groups in total. The molecule has 0 saturated carbocycles. The lowest BCUT2D eigenvalue weighted by Crippen LogP contribution is -2.38. The molecule has 0 radical (unpaired) electrons. The number of carbonyl (C=O) groups excluding carboxylic acids is 1. The van der Waals surface area contributed by atoms with E-state index < -0.39 is 0 Å². The van der Waals surface area contributed by atoms with E-state index in [1.54, 1.807) is 6.07 Å². The first kappa shape index (κ1) is 16.6. The molecule has 1 aliphatic heterocycles. The van der Waals surface area contributed by atoms with Crippen LogP contribution < -0.4 is 5.32 Å². The van der Waals surface area contributed by atoms with Gasteiger partial charge in [-0.2, -0.15) is 0 Å². The van der Waals surface area contributed by atoms with E-state index >= 15 is 0 Å². The van der Waals surface area contributed by atoms with E-state index in [0.29, 0.717) is 17.4 Å². The fourth-order valence-electron chi connectivity index (χ4n) is 2.79. The van der Waals surface area contributed by atoms with E-state index in [2.05, 4.69) is 39.3 Å². The molecule has 1 fully saturated rings. The molecule has 0 aliphatic carbocycles. The number of amides is 1. The Bertz CT molecular complexity index is 513. The van der Waals surface area contributed by atoms with Crippen molar-refractivity contribution < 1.29 is 4.79 Å². The van der Waals surface area contributed by atoms with Crippen LogP contribution in [0.3, 0.4) is 0 Å². The van der Waals surface area contributed by atoms with Gasteiger partial charge in [-0.1, -0.05) is 12.2 Å². The van der Waals surface area contributed by atoms with Crippen molar-refractivity contribution in [1.82, 2.24) is 20.2 Å². The fourth-order valence-corrected chi connectivity index (χ4v) is 2.79. The second-order valence-corrected chi connectivity index (χ2v) is 5.96. The minimum absolute atomic E-state index is 0.0926. The highest BCUT2D eigenvalue weighted by atomic mass is 16.1. The second kappa shape index (κ2) is 8.03. The first-order valence-electron chi connectivity index (χ1n) is 8.02. The number of rotatable bonds is 5. The zero-order chi connectivity index (χ0) is 15.9. The highest BCUT2D eigenvalue weighted by molar-refractivity contribution is 5.92. The maximum absolute atomic E-state index is 12.2. The third-order valence-electron chi connectivity index (χ3n) is 4.06. The van der Waals surface area contributed by atoms with Gasteiger partial charge in [0.25, 0.3) is 5.91 Å². The highest BCUT2D eigenvalue weighted by Gasteiger charge is 2.19. The molecule has 22 heavy (non-hydrogen) atoms. The van der Waals surface area contributed by atoms with Crippen LogP contribution in [0.15, 0.2) is 18.2 Å². The quantitative estimate of drug-likeness (QED) is 0.846. The number of aromatic nitrogens is 2. The first-order valence-corrected chi connectivity index (χ1v) is 8.02. The molecule has 1 aromatic rings. The smallest absolute Gasteiger partial charge is 0.270 e. The SMILES string of the molecule is CC=CCN1CCC(CNC(=O)c2cc(C)nc(C)n2)CC1. The van der Waals surface area contributed by atoms with Gasteiger partial charge in [0.1, 0.15) is 11.5 Å². The van der Waals surface area contributed by atoms with Crippen molar-refractivity contribution in [3.8, 4) is 0 Å². The van der Waals surface area contributed by atoms with Crippen LogP contribution in [0, 0.1) is 19.8 Å². The zero-order valence-corrected chi connectivity index (χ0v) is 13.8. The monoisotopic (exact) mass is 302 g/mol. The molecule has 0 spiro atoms. The number of nitrogens with zero attached hydrogens (tertiary/aromatic N) is 3. The summed E-state index contributed by atoms with van der Waals surface area (Å²) in [5.74, 6) is 1.11. The summed E-state index contributed by atoms with van der Waals surface area (Å²) >= 11 is 0. The Balaban J connectivity index is 1.78. The van der Waals surface area contributed by atoms with Gasteiger partial charge in [-0.25, -0.2) is 9.97 Å². The summed E-state index contributed by atoms with van der Waals surface area (Å²) in [7, 11) is 0. The van der Waals surface area contributed by atoms with E-state index in [1.165, 1.54) is 0 Å². The summed E-state index contributed by atoms with van der Waals surface area (Å²) in [4.78, 5) is 23.0. The van der Waals surface area contributed by atoms with Crippen LogP contribution in [0.25, 0.3) is 0 Å². The maximum Gasteiger partial charge on any atom is 0.270 e.